The lowest BCUT2D eigenvalue weighted by Gasteiger charge is -2.13. The molecule has 2 aromatic rings. The molecule has 25 heavy (non-hydrogen) atoms. The van der Waals surface area contributed by atoms with Gasteiger partial charge < -0.3 is 5.73 Å². The number of rotatable bonds is 2. The SMILES string of the molecule is Nc1c2c(cc(=O)n1-c1c([N+](=O)[O-])cc(F)c(F)c1F)C(=O)NC2=O. The minimum atomic E-state index is -2.08. The molecule has 0 unspecified atom stereocenters. The third-order valence-electron chi connectivity index (χ3n) is 3.49. The number of benzene rings is 1. The summed E-state index contributed by atoms with van der Waals surface area (Å²) >= 11 is 0. The second kappa shape index (κ2) is 5.15. The predicted octanol–water partition coefficient (Wildman–Crippen LogP) is 0.629. The summed E-state index contributed by atoms with van der Waals surface area (Å²) in [6, 6.07) is 0.647. The number of carbonyl (C=O) groups is 2. The number of anilines is 1. The number of fused-ring (bicyclic) bond motifs is 1. The monoisotopic (exact) mass is 354 g/mol. The molecule has 1 aromatic carbocycles. The molecule has 9 nitrogen and oxygen atoms in total. The zero-order chi connectivity index (χ0) is 18.6. The van der Waals surface area contributed by atoms with Crippen molar-refractivity contribution >= 4 is 23.3 Å². The molecule has 2 heterocycles. The summed E-state index contributed by atoms with van der Waals surface area (Å²) in [6.07, 6.45) is 0. The van der Waals surface area contributed by atoms with Gasteiger partial charge in [-0.1, -0.05) is 0 Å². The summed E-state index contributed by atoms with van der Waals surface area (Å²) in [5, 5.41) is 12.9. The summed E-state index contributed by atoms with van der Waals surface area (Å²) in [4.78, 5) is 45.2. The Balaban J connectivity index is 2.48. The van der Waals surface area contributed by atoms with Crippen molar-refractivity contribution in [2.75, 3.05) is 5.73 Å². The minimum absolute atomic E-state index is 0.0675. The van der Waals surface area contributed by atoms with E-state index >= 15 is 0 Å². The van der Waals surface area contributed by atoms with E-state index in [1.165, 1.54) is 0 Å². The summed E-state index contributed by atoms with van der Waals surface area (Å²) in [5.74, 6) is -8.79. The van der Waals surface area contributed by atoms with Crippen molar-refractivity contribution in [1.82, 2.24) is 9.88 Å². The van der Waals surface area contributed by atoms with Crippen molar-refractivity contribution in [3.63, 3.8) is 0 Å². The Kier molecular flexibility index (Phi) is 3.33. The molecule has 1 aliphatic heterocycles. The zero-order valence-electron chi connectivity index (χ0n) is 11.8. The molecule has 0 saturated carbocycles. The van der Waals surface area contributed by atoms with Crippen LogP contribution in [-0.2, 0) is 0 Å². The fraction of sp³-hybridized carbons (Fsp3) is 0. The first-order chi connectivity index (χ1) is 11.6. The van der Waals surface area contributed by atoms with Gasteiger partial charge in [-0.3, -0.25) is 34.4 Å². The molecular weight excluding hydrogens is 349 g/mol. The summed E-state index contributed by atoms with van der Waals surface area (Å²) in [7, 11) is 0. The highest BCUT2D eigenvalue weighted by atomic mass is 19.2. The first kappa shape index (κ1) is 16.2. The standard InChI is InChI=1S/C13H5F3N4O5/c14-4-2-5(20(24)25)10(9(16)8(4)15)19-6(21)1-3-7(11(19)17)13(23)18-12(3)22/h1-2H,17H2,(H,18,22,23). The molecule has 1 aromatic heterocycles. The largest absolute Gasteiger partial charge is 0.384 e. The van der Waals surface area contributed by atoms with Crippen molar-refractivity contribution in [3.8, 4) is 5.69 Å². The summed E-state index contributed by atoms with van der Waals surface area (Å²) < 4.78 is 41.1. The van der Waals surface area contributed by atoms with Crippen LogP contribution in [0, 0.1) is 27.6 Å². The Labute approximate surface area is 134 Å². The number of nitrogens with zero attached hydrogens (tertiary/aromatic N) is 2. The number of hydrogen-bond donors (Lipinski definition) is 2. The van der Waals surface area contributed by atoms with Crippen molar-refractivity contribution in [2.24, 2.45) is 0 Å². The molecule has 128 valence electrons. The highest BCUT2D eigenvalue weighted by Crippen LogP contribution is 2.32. The number of aromatic nitrogens is 1. The topological polar surface area (TPSA) is 137 Å². The molecule has 0 aliphatic carbocycles. The smallest absolute Gasteiger partial charge is 0.299 e. The van der Waals surface area contributed by atoms with Gasteiger partial charge in [0.2, 0.25) is 0 Å². The van der Waals surface area contributed by atoms with Gasteiger partial charge in [-0.2, -0.15) is 0 Å². The number of amides is 2. The van der Waals surface area contributed by atoms with Crippen LogP contribution in [0.4, 0.5) is 24.7 Å². The van der Waals surface area contributed by atoms with Gasteiger partial charge in [-0.15, -0.1) is 0 Å². The van der Waals surface area contributed by atoms with Crippen molar-refractivity contribution in [3.05, 3.63) is 61.2 Å². The van der Waals surface area contributed by atoms with Crippen LogP contribution >= 0.6 is 0 Å². The number of nitro benzene ring substituents is 1. The second-order valence-electron chi connectivity index (χ2n) is 4.89. The number of pyridine rings is 1. The van der Waals surface area contributed by atoms with E-state index in [9.17, 15) is 37.7 Å². The number of imide groups is 1. The number of nitrogens with two attached hydrogens (primary N) is 1. The number of nitrogen functional groups attached to an aromatic ring is 1. The highest BCUT2D eigenvalue weighted by Gasteiger charge is 2.35. The van der Waals surface area contributed by atoms with Crippen molar-refractivity contribution < 1.29 is 27.7 Å². The number of nitrogens with one attached hydrogen (secondary N) is 1. The van der Waals surface area contributed by atoms with Crippen molar-refractivity contribution in [2.45, 2.75) is 0 Å². The molecule has 0 atom stereocenters. The van der Waals surface area contributed by atoms with Crippen LogP contribution in [0.5, 0.6) is 0 Å². The lowest BCUT2D eigenvalue weighted by molar-refractivity contribution is -0.385. The molecule has 0 bridgehead atoms. The average molecular weight is 354 g/mol. The highest BCUT2D eigenvalue weighted by molar-refractivity contribution is 6.23. The maximum atomic E-state index is 14.2. The molecule has 0 saturated heterocycles. The van der Waals surface area contributed by atoms with Crippen LogP contribution in [0.15, 0.2) is 16.9 Å². The van der Waals surface area contributed by atoms with E-state index in [4.69, 9.17) is 5.73 Å². The van der Waals surface area contributed by atoms with Crippen LogP contribution in [0.1, 0.15) is 20.7 Å². The van der Waals surface area contributed by atoms with E-state index < -0.39 is 68.1 Å². The fourth-order valence-corrected chi connectivity index (χ4v) is 2.43. The minimum Gasteiger partial charge on any atom is -0.384 e. The third-order valence-corrected chi connectivity index (χ3v) is 3.49. The first-order valence-electron chi connectivity index (χ1n) is 6.38. The lowest BCUT2D eigenvalue weighted by Crippen LogP contribution is -2.26. The van der Waals surface area contributed by atoms with E-state index in [-0.39, 0.29) is 10.6 Å². The summed E-state index contributed by atoms with van der Waals surface area (Å²) in [5.41, 5.74) is 0.788. The molecule has 0 spiro atoms. The first-order valence-corrected chi connectivity index (χ1v) is 6.38. The Morgan fingerprint density at radius 1 is 1.08 bits per heavy atom. The van der Waals surface area contributed by atoms with Crippen LogP contribution in [0.3, 0.4) is 0 Å². The van der Waals surface area contributed by atoms with Crippen LogP contribution in [0.2, 0.25) is 0 Å². The summed E-state index contributed by atoms with van der Waals surface area (Å²) in [6.45, 7) is 0. The van der Waals surface area contributed by atoms with Gasteiger partial charge in [0.25, 0.3) is 23.1 Å². The number of nitro groups is 1. The predicted molar refractivity (Wildman–Crippen MR) is 74.8 cm³/mol. The molecule has 0 radical (unpaired) electrons. The van der Waals surface area contributed by atoms with Gasteiger partial charge >= 0.3 is 0 Å². The average Bonchev–Trinajstić information content (AvgIpc) is 2.80. The van der Waals surface area contributed by atoms with Gasteiger partial charge in [0.15, 0.2) is 23.1 Å². The molecule has 3 N–H and O–H groups in total. The molecule has 3 rings (SSSR count). The van der Waals surface area contributed by atoms with Gasteiger partial charge in [-0.05, 0) is 0 Å². The molecule has 2 amide bonds. The van der Waals surface area contributed by atoms with Crippen LogP contribution in [0.25, 0.3) is 5.69 Å². The molecule has 12 heteroatoms. The van der Waals surface area contributed by atoms with E-state index in [0.29, 0.717) is 6.07 Å². The van der Waals surface area contributed by atoms with Gasteiger partial charge in [0.05, 0.1) is 22.1 Å². The van der Waals surface area contributed by atoms with Gasteiger partial charge in [0.1, 0.15) is 5.82 Å². The van der Waals surface area contributed by atoms with E-state index in [1.807, 2.05) is 5.32 Å². The molecule has 1 aliphatic rings. The number of hydrogen-bond acceptors (Lipinski definition) is 6. The van der Waals surface area contributed by atoms with Gasteiger partial charge in [-0.25, -0.2) is 13.2 Å². The molecular formula is C13H5F3N4O5. The maximum absolute atomic E-state index is 14.2. The van der Waals surface area contributed by atoms with Crippen LogP contribution in [-0.4, -0.2) is 21.3 Å². The van der Waals surface area contributed by atoms with Crippen molar-refractivity contribution in [1.29, 1.82) is 0 Å². The van der Waals surface area contributed by atoms with E-state index in [2.05, 4.69) is 0 Å². The Hall–Kier alpha value is -3.70. The maximum Gasteiger partial charge on any atom is 0.299 e. The number of carbonyl (C=O) groups excluding carboxylic acids is 2. The quantitative estimate of drug-likeness (QED) is 0.351. The normalized spacial score (nSPS) is 12.9. The lowest BCUT2D eigenvalue weighted by atomic mass is 10.1. The van der Waals surface area contributed by atoms with E-state index in [0.717, 1.165) is 0 Å². The Bertz CT molecular complexity index is 1060. The fourth-order valence-electron chi connectivity index (χ4n) is 2.43. The third kappa shape index (κ3) is 2.14. The Morgan fingerprint density at radius 2 is 1.72 bits per heavy atom. The zero-order valence-corrected chi connectivity index (χ0v) is 11.8. The number of halogens is 3. The van der Waals surface area contributed by atoms with Gasteiger partial charge in [0, 0.05) is 6.07 Å². The second-order valence-corrected chi connectivity index (χ2v) is 4.89. The van der Waals surface area contributed by atoms with E-state index in [1.54, 1.807) is 0 Å². The Morgan fingerprint density at radius 3 is 2.32 bits per heavy atom. The molecule has 0 fully saturated rings. The van der Waals surface area contributed by atoms with Crippen LogP contribution < -0.4 is 16.6 Å².